The molecule has 19 heavy (non-hydrogen) atoms. The minimum atomic E-state index is 0.435. The highest BCUT2D eigenvalue weighted by Crippen LogP contribution is 2.20. The summed E-state index contributed by atoms with van der Waals surface area (Å²) in [5.41, 5.74) is 1.71. The zero-order chi connectivity index (χ0) is 13.2. The van der Waals surface area contributed by atoms with Gasteiger partial charge in [0.1, 0.15) is 11.6 Å². The Morgan fingerprint density at radius 2 is 2.11 bits per heavy atom. The number of rotatable bonds is 4. The van der Waals surface area contributed by atoms with Gasteiger partial charge in [-0.1, -0.05) is 13.8 Å². The van der Waals surface area contributed by atoms with Gasteiger partial charge in [-0.15, -0.1) is 0 Å². The quantitative estimate of drug-likeness (QED) is 0.771. The third-order valence-corrected chi connectivity index (χ3v) is 3.49. The molecule has 3 heterocycles. The van der Waals surface area contributed by atoms with Gasteiger partial charge in [0.25, 0.3) is 0 Å². The van der Waals surface area contributed by atoms with Gasteiger partial charge in [0.05, 0.1) is 0 Å². The van der Waals surface area contributed by atoms with E-state index in [2.05, 4.69) is 44.4 Å². The van der Waals surface area contributed by atoms with Crippen LogP contribution in [-0.2, 0) is 12.8 Å². The fourth-order valence-corrected chi connectivity index (χ4v) is 2.39. The summed E-state index contributed by atoms with van der Waals surface area (Å²) in [6.45, 7) is 6.20. The van der Waals surface area contributed by atoms with Crippen LogP contribution >= 0.6 is 0 Å². The zero-order valence-electron chi connectivity index (χ0n) is 11.5. The van der Waals surface area contributed by atoms with E-state index in [1.165, 1.54) is 0 Å². The molecule has 0 bridgehead atoms. The first-order valence-electron chi connectivity index (χ1n) is 7.03. The second-order valence-corrected chi connectivity index (χ2v) is 4.91. The lowest BCUT2D eigenvalue weighted by atomic mass is 10.2. The zero-order valence-corrected chi connectivity index (χ0v) is 11.5. The van der Waals surface area contributed by atoms with E-state index in [1.807, 2.05) is 0 Å². The Bertz CT molecular complexity index is 570. The number of hydrogen-bond acceptors (Lipinski definition) is 5. The van der Waals surface area contributed by atoms with Crippen LogP contribution in [0, 0.1) is 0 Å². The highest BCUT2D eigenvalue weighted by molar-refractivity contribution is 5.83. The van der Waals surface area contributed by atoms with Crippen LogP contribution in [0.1, 0.15) is 31.9 Å². The van der Waals surface area contributed by atoms with Crippen molar-refractivity contribution in [2.45, 2.75) is 39.2 Å². The molecule has 2 aromatic rings. The number of imidazole rings is 1. The van der Waals surface area contributed by atoms with Crippen molar-refractivity contribution < 1.29 is 0 Å². The van der Waals surface area contributed by atoms with Gasteiger partial charge in [-0.25, -0.2) is 15.0 Å². The van der Waals surface area contributed by atoms with Crippen LogP contribution in [0.4, 0.5) is 5.82 Å². The monoisotopic (exact) mass is 260 g/mol. The maximum absolute atomic E-state index is 4.60. The van der Waals surface area contributed by atoms with Crippen molar-refractivity contribution in [2.75, 3.05) is 18.4 Å². The fourth-order valence-electron chi connectivity index (χ4n) is 2.39. The molecule has 2 aromatic heterocycles. The Kier molecular flexibility index (Phi) is 3.33. The first-order chi connectivity index (χ1) is 9.30. The summed E-state index contributed by atoms with van der Waals surface area (Å²) in [5.74, 6) is 2.68. The topological polar surface area (TPSA) is 78.5 Å². The Morgan fingerprint density at radius 3 is 2.79 bits per heavy atom. The van der Waals surface area contributed by atoms with Gasteiger partial charge in [0, 0.05) is 25.4 Å². The second kappa shape index (κ2) is 5.13. The minimum absolute atomic E-state index is 0.435. The molecule has 3 rings (SSSR count). The maximum Gasteiger partial charge on any atom is 0.163 e. The van der Waals surface area contributed by atoms with Crippen molar-refractivity contribution >= 4 is 17.0 Å². The van der Waals surface area contributed by atoms with E-state index < -0.39 is 0 Å². The Balaban J connectivity index is 2.01. The minimum Gasteiger partial charge on any atom is -0.364 e. The van der Waals surface area contributed by atoms with E-state index >= 15 is 0 Å². The summed E-state index contributed by atoms with van der Waals surface area (Å²) >= 11 is 0. The van der Waals surface area contributed by atoms with Gasteiger partial charge in [-0.3, -0.25) is 0 Å². The lowest BCUT2D eigenvalue weighted by Crippen LogP contribution is -2.23. The molecule has 0 saturated carbocycles. The predicted octanol–water partition coefficient (Wildman–Crippen LogP) is 1.25. The molecular weight excluding hydrogens is 240 g/mol. The van der Waals surface area contributed by atoms with E-state index in [0.29, 0.717) is 6.04 Å². The Labute approximate surface area is 112 Å². The number of nitrogens with one attached hydrogen (secondary N) is 3. The molecule has 3 N–H and O–H groups in total. The van der Waals surface area contributed by atoms with Gasteiger partial charge in [-0.05, 0) is 13.0 Å². The Morgan fingerprint density at radius 1 is 1.21 bits per heavy atom. The normalized spacial score (nSPS) is 19.2. The largest absolute Gasteiger partial charge is 0.364 e. The van der Waals surface area contributed by atoms with E-state index in [0.717, 1.165) is 61.0 Å². The molecule has 0 spiro atoms. The maximum atomic E-state index is 4.60. The summed E-state index contributed by atoms with van der Waals surface area (Å²) in [7, 11) is 0. The average molecular weight is 260 g/mol. The number of aromatic amines is 1. The Hall–Kier alpha value is -1.69. The molecule has 1 aliphatic rings. The summed E-state index contributed by atoms with van der Waals surface area (Å²) in [6.07, 6.45) is 2.83. The van der Waals surface area contributed by atoms with E-state index in [9.17, 15) is 0 Å². The molecule has 0 radical (unpaired) electrons. The molecule has 1 fully saturated rings. The molecule has 1 saturated heterocycles. The predicted molar refractivity (Wildman–Crippen MR) is 75.3 cm³/mol. The van der Waals surface area contributed by atoms with Crippen LogP contribution in [0.2, 0.25) is 0 Å². The first kappa shape index (κ1) is 12.3. The SMILES string of the molecule is CCc1nc(NC2CCNC2)c2nc(CC)[nH]c2n1. The lowest BCUT2D eigenvalue weighted by Gasteiger charge is -2.12. The summed E-state index contributed by atoms with van der Waals surface area (Å²) in [4.78, 5) is 17.0. The van der Waals surface area contributed by atoms with Crippen molar-refractivity contribution in [1.29, 1.82) is 0 Å². The van der Waals surface area contributed by atoms with Crippen LogP contribution < -0.4 is 10.6 Å². The molecule has 0 aromatic carbocycles. The highest BCUT2D eigenvalue weighted by Gasteiger charge is 2.18. The number of aryl methyl sites for hydroxylation is 2. The summed E-state index contributed by atoms with van der Waals surface area (Å²) in [6, 6.07) is 0.435. The third kappa shape index (κ3) is 2.40. The van der Waals surface area contributed by atoms with Crippen LogP contribution in [0.5, 0.6) is 0 Å². The number of fused-ring (bicyclic) bond motifs is 1. The van der Waals surface area contributed by atoms with Crippen LogP contribution in [0.25, 0.3) is 11.2 Å². The van der Waals surface area contributed by atoms with Gasteiger partial charge >= 0.3 is 0 Å². The van der Waals surface area contributed by atoms with Crippen LogP contribution in [0.15, 0.2) is 0 Å². The number of nitrogens with zero attached hydrogens (tertiary/aromatic N) is 3. The molecule has 0 amide bonds. The van der Waals surface area contributed by atoms with Gasteiger partial charge in [0.15, 0.2) is 17.0 Å². The summed E-state index contributed by atoms with van der Waals surface area (Å²) in [5, 5.41) is 6.85. The first-order valence-corrected chi connectivity index (χ1v) is 7.03. The number of aromatic nitrogens is 4. The van der Waals surface area contributed by atoms with Gasteiger partial charge < -0.3 is 15.6 Å². The van der Waals surface area contributed by atoms with E-state index in [4.69, 9.17) is 0 Å². The van der Waals surface area contributed by atoms with Gasteiger partial charge in [0.2, 0.25) is 0 Å². The van der Waals surface area contributed by atoms with Gasteiger partial charge in [-0.2, -0.15) is 0 Å². The average Bonchev–Trinajstić information content (AvgIpc) is 3.06. The number of anilines is 1. The second-order valence-electron chi connectivity index (χ2n) is 4.91. The van der Waals surface area contributed by atoms with Crippen molar-refractivity contribution in [1.82, 2.24) is 25.3 Å². The molecule has 102 valence electrons. The molecule has 1 unspecified atom stereocenters. The summed E-state index contributed by atoms with van der Waals surface area (Å²) < 4.78 is 0. The molecule has 0 aliphatic carbocycles. The van der Waals surface area contributed by atoms with E-state index in [1.54, 1.807) is 0 Å². The number of hydrogen-bond donors (Lipinski definition) is 3. The number of H-pyrrole nitrogens is 1. The standard InChI is InChI=1S/C13H20N6/c1-3-9-16-11-12(15-8-5-6-14-7-8)18-10(4-2)19-13(11)17-9/h8,14H,3-7H2,1-2H3,(H2,15,16,17,18,19). The van der Waals surface area contributed by atoms with Crippen LogP contribution in [-0.4, -0.2) is 39.1 Å². The molecule has 1 atom stereocenters. The third-order valence-electron chi connectivity index (χ3n) is 3.49. The molecule has 1 aliphatic heterocycles. The van der Waals surface area contributed by atoms with Crippen molar-refractivity contribution in [3.63, 3.8) is 0 Å². The van der Waals surface area contributed by atoms with Crippen molar-refractivity contribution in [2.24, 2.45) is 0 Å². The smallest absolute Gasteiger partial charge is 0.163 e. The molecule has 6 nitrogen and oxygen atoms in total. The van der Waals surface area contributed by atoms with Crippen molar-refractivity contribution in [3.8, 4) is 0 Å². The van der Waals surface area contributed by atoms with Crippen molar-refractivity contribution in [3.05, 3.63) is 11.6 Å². The highest BCUT2D eigenvalue weighted by atomic mass is 15.1. The van der Waals surface area contributed by atoms with Crippen LogP contribution in [0.3, 0.4) is 0 Å². The molecular formula is C13H20N6. The van der Waals surface area contributed by atoms with E-state index in [-0.39, 0.29) is 0 Å². The lowest BCUT2D eigenvalue weighted by molar-refractivity contribution is 0.785. The molecule has 6 heteroatoms. The fraction of sp³-hybridized carbons (Fsp3) is 0.615.